The van der Waals surface area contributed by atoms with Gasteiger partial charge in [-0.15, -0.1) is 0 Å². The minimum Gasteiger partial charge on any atom is -0.497 e. The second-order valence-electron chi connectivity index (χ2n) is 15.3. The second-order valence-corrected chi connectivity index (χ2v) is 15.3. The number of hydrogen-bond donors (Lipinski definition) is 0. The van der Waals surface area contributed by atoms with Crippen LogP contribution >= 0.6 is 0 Å². The molecule has 0 aliphatic rings. The van der Waals surface area contributed by atoms with Crippen molar-refractivity contribution in [3.05, 3.63) is 276 Å². The zero-order valence-electron chi connectivity index (χ0n) is 36.0. The Hall–Kier alpha value is -8.34. The van der Waals surface area contributed by atoms with E-state index in [4.69, 9.17) is 9.47 Å². The molecule has 0 aromatic heterocycles. The van der Waals surface area contributed by atoms with Gasteiger partial charge in [-0.1, -0.05) is 146 Å². The van der Waals surface area contributed by atoms with Gasteiger partial charge in [0.25, 0.3) is 0 Å². The van der Waals surface area contributed by atoms with Crippen LogP contribution in [0, 0.1) is 0 Å². The van der Waals surface area contributed by atoms with E-state index in [-0.39, 0.29) is 0 Å². The van der Waals surface area contributed by atoms with Crippen molar-refractivity contribution in [2.75, 3.05) is 24.0 Å². The fourth-order valence-corrected chi connectivity index (χ4v) is 8.01. The first kappa shape index (κ1) is 41.0. The van der Waals surface area contributed by atoms with E-state index >= 15 is 0 Å². The molecule has 0 aliphatic heterocycles. The van der Waals surface area contributed by atoms with E-state index in [1.165, 1.54) is 0 Å². The SMILES string of the molecule is COc1ccc(/C(=C\c2ccc(N(c3ccccc3)c3ccccc3)cc2)c2ccc(/C(=C\c3ccc(N(c4ccccc4)c4ccccc4)cc3)c3ccc(OC)cc3)cc2)cc1. The molecule has 4 nitrogen and oxygen atoms in total. The van der Waals surface area contributed by atoms with E-state index in [2.05, 4.69) is 240 Å². The number of benzene rings is 9. The van der Waals surface area contributed by atoms with Gasteiger partial charge in [-0.25, -0.2) is 0 Å². The van der Waals surface area contributed by atoms with Crippen molar-refractivity contribution in [2.45, 2.75) is 0 Å². The van der Waals surface area contributed by atoms with Crippen molar-refractivity contribution < 1.29 is 9.47 Å². The van der Waals surface area contributed by atoms with Gasteiger partial charge in [0.1, 0.15) is 11.5 Å². The lowest BCUT2D eigenvalue weighted by atomic mass is 9.91. The second kappa shape index (κ2) is 19.6. The van der Waals surface area contributed by atoms with Crippen LogP contribution in [0.2, 0.25) is 0 Å². The van der Waals surface area contributed by atoms with Gasteiger partial charge in [0.05, 0.1) is 14.2 Å². The summed E-state index contributed by atoms with van der Waals surface area (Å²) in [6, 6.07) is 85.0. The van der Waals surface area contributed by atoms with Crippen molar-refractivity contribution in [3.63, 3.8) is 0 Å². The lowest BCUT2D eigenvalue weighted by molar-refractivity contribution is 0.414. The predicted octanol–water partition coefficient (Wildman–Crippen LogP) is 15.8. The maximum Gasteiger partial charge on any atom is 0.118 e. The standard InChI is InChI=1S/C60H48N2O2/c1-63-57-39-31-49(32-40-57)59(43-45-23-35-55(36-24-45)61(51-15-7-3-8-16-51)52-17-9-4-10-18-52)47-27-29-48(30-28-47)60(50-33-41-58(64-2)42-34-50)44-46-25-37-56(38-26-46)62(53-19-11-5-12-20-53)54-21-13-6-14-22-54/h3-44H,1-2H3/b59-43-,60-44+. The summed E-state index contributed by atoms with van der Waals surface area (Å²) in [6.07, 6.45) is 4.54. The molecule has 0 heterocycles. The summed E-state index contributed by atoms with van der Waals surface area (Å²) in [6.45, 7) is 0. The molecule has 0 N–H and O–H groups in total. The average Bonchev–Trinajstić information content (AvgIpc) is 3.37. The smallest absolute Gasteiger partial charge is 0.118 e. The topological polar surface area (TPSA) is 24.9 Å². The van der Waals surface area contributed by atoms with Crippen LogP contribution in [-0.2, 0) is 0 Å². The largest absolute Gasteiger partial charge is 0.497 e. The van der Waals surface area contributed by atoms with Gasteiger partial charge in [-0.05, 0) is 154 Å². The van der Waals surface area contributed by atoms with Crippen molar-refractivity contribution in [1.82, 2.24) is 0 Å². The first-order chi connectivity index (χ1) is 31.6. The molecular formula is C60H48N2O2. The Balaban J connectivity index is 1.07. The molecule has 9 aromatic carbocycles. The van der Waals surface area contributed by atoms with E-state index in [9.17, 15) is 0 Å². The highest BCUT2D eigenvalue weighted by Gasteiger charge is 2.15. The molecule has 0 radical (unpaired) electrons. The Bertz CT molecular complexity index is 2650. The minimum absolute atomic E-state index is 0.819. The fourth-order valence-electron chi connectivity index (χ4n) is 8.01. The summed E-state index contributed by atoms with van der Waals surface area (Å²) in [5.74, 6) is 1.64. The van der Waals surface area contributed by atoms with Gasteiger partial charge < -0.3 is 19.3 Å². The van der Waals surface area contributed by atoms with E-state index in [1.54, 1.807) is 14.2 Å². The van der Waals surface area contributed by atoms with Gasteiger partial charge in [-0.2, -0.15) is 0 Å². The van der Waals surface area contributed by atoms with E-state index in [1.807, 2.05) is 24.3 Å². The molecule has 4 heteroatoms. The Morgan fingerprint density at radius 1 is 0.281 bits per heavy atom. The molecule has 0 aliphatic carbocycles. The van der Waals surface area contributed by atoms with Crippen LogP contribution in [0.15, 0.2) is 243 Å². The number of rotatable bonds is 14. The maximum atomic E-state index is 5.55. The molecule has 310 valence electrons. The fraction of sp³-hybridized carbons (Fsp3) is 0.0333. The van der Waals surface area contributed by atoms with Crippen LogP contribution < -0.4 is 19.3 Å². The number of hydrogen-bond acceptors (Lipinski definition) is 4. The van der Waals surface area contributed by atoms with Crippen molar-refractivity contribution >= 4 is 57.4 Å². The Labute approximate surface area is 376 Å². The van der Waals surface area contributed by atoms with Gasteiger partial charge >= 0.3 is 0 Å². The number of nitrogens with zero attached hydrogens (tertiary/aromatic N) is 2. The van der Waals surface area contributed by atoms with Gasteiger partial charge in [-0.3, -0.25) is 0 Å². The van der Waals surface area contributed by atoms with Crippen LogP contribution in [0.25, 0.3) is 23.3 Å². The van der Waals surface area contributed by atoms with Gasteiger partial charge in [0.2, 0.25) is 0 Å². The highest BCUT2D eigenvalue weighted by atomic mass is 16.5. The van der Waals surface area contributed by atoms with Crippen LogP contribution in [0.1, 0.15) is 33.4 Å². The Morgan fingerprint density at radius 2 is 0.516 bits per heavy atom. The summed E-state index contributed by atoms with van der Waals surface area (Å²) in [7, 11) is 3.40. The maximum absolute atomic E-state index is 5.55. The summed E-state index contributed by atoms with van der Waals surface area (Å²) in [5, 5.41) is 0. The average molecular weight is 829 g/mol. The number of anilines is 6. The van der Waals surface area contributed by atoms with Crippen LogP contribution in [0.3, 0.4) is 0 Å². The summed E-state index contributed by atoms with van der Waals surface area (Å²) in [5.41, 5.74) is 15.4. The highest BCUT2D eigenvalue weighted by Crippen LogP contribution is 2.38. The highest BCUT2D eigenvalue weighted by molar-refractivity contribution is 5.95. The Morgan fingerprint density at radius 3 is 0.766 bits per heavy atom. The normalized spacial score (nSPS) is 11.5. The van der Waals surface area contributed by atoms with Crippen LogP contribution in [-0.4, -0.2) is 14.2 Å². The monoisotopic (exact) mass is 828 g/mol. The third-order valence-electron chi connectivity index (χ3n) is 11.3. The van der Waals surface area contributed by atoms with Crippen LogP contribution in [0.5, 0.6) is 11.5 Å². The quantitative estimate of drug-likeness (QED) is 0.102. The zero-order chi connectivity index (χ0) is 43.5. The molecule has 0 amide bonds. The molecule has 0 saturated heterocycles. The van der Waals surface area contributed by atoms with Crippen molar-refractivity contribution in [3.8, 4) is 11.5 Å². The van der Waals surface area contributed by atoms with Crippen molar-refractivity contribution in [2.24, 2.45) is 0 Å². The van der Waals surface area contributed by atoms with Gasteiger partial charge in [0, 0.05) is 34.1 Å². The number of methoxy groups -OCH3 is 2. The summed E-state index contributed by atoms with van der Waals surface area (Å²) < 4.78 is 11.1. The number of ether oxygens (including phenoxy) is 2. The predicted molar refractivity (Wildman–Crippen MR) is 269 cm³/mol. The van der Waals surface area contributed by atoms with Crippen LogP contribution in [0.4, 0.5) is 34.1 Å². The summed E-state index contributed by atoms with van der Waals surface area (Å²) >= 11 is 0. The van der Waals surface area contributed by atoms with Crippen molar-refractivity contribution in [1.29, 1.82) is 0 Å². The van der Waals surface area contributed by atoms with Gasteiger partial charge in [0.15, 0.2) is 0 Å². The van der Waals surface area contributed by atoms with E-state index in [0.29, 0.717) is 0 Å². The third-order valence-corrected chi connectivity index (χ3v) is 11.3. The molecule has 0 saturated carbocycles. The molecule has 0 atom stereocenters. The minimum atomic E-state index is 0.819. The molecule has 9 rings (SSSR count). The number of para-hydroxylation sites is 4. The molecular weight excluding hydrogens is 781 g/mol. The van der Waals surface area contributed by atoms with E-state index < -0.39 is 0 Å². The summed E-state index contributed by atoms with van der Waals surface area (Å²) in [4.78, 5) is 4.56. The molecule has 0 bridgehead atoms. The molecule has 0 fully saturated rings. The first-order valence-electron chi connectivity index (χ1n) is 21.5. The molecule has 9 aromatic rings. The lowest BCUT2D eigenvalue weighted by Crippen LogP contribution is -2.09. The van der Waals surface area contributed by atoms with E-state index in [0.717, 1.165) is 90.2 Å². The first-order valence-corrected chi connectivity index (χ1v) is 21.5. The molecule has 64 heavy (non-hydrogen) atoms. The Kier molecular flexibility index (Phi) is 12.6. The zero-order valence-corrected chi connectivity index (χ0v) is 36.0. The molecule has 0 unspecified atom stereocenters. The lowest BCUT2D eigenvalue weighted by Gasteiger charge is -2.25. The molecule has 0 spiro atoms. The third kappa shape index (κ3) is 9.42.